The number of aromatic nitrogens is 2. The zero-order chi connectivity index (χ0) is 18.4. The predicted octanol–water partition coefficient (Wildman–Crippen LogP) is 2.36. The molecule has 0 radical (unpaired) electrons. The number of thiophene rings is 1. The Balaban J connectivity index is 1.56. The van der Waals surface area contributed by atoms with E-state index in [1.165, 1.54) is 35.1 Å². The molecule has 1 N–H and O–H groups in total. The van der Waals surface area contributed by atoms with Crippen LogP contribution in [0.1, 0.15) is 42.5 Å². The topological polar surface area (TPSA) is 61.7 Å². The standard InChI is InChI=1S/C20H28N4O2S/c1-20(25)6-7-24(13-20)18-17-14-4-2-3-5-15(14)27-19(17)22-16(21-18)12-23-8-10-26-11-9-23/h25H,2-13H2,1H3. The lowest BCUT2D eigenvalue weighted by Crippen LogP contribution is -2.36. The Kier molecular flexibility index (Phi) is 4.58. The van der Waals surface area contributed by atoms with Gasteiger partial charge in [-0.25, -0.2) is 9.97 Å². The molecule has 6 nitrogen and oxygen atoms in total. The molecule has 7 heteroatoms. The maximum atomic E-state index is 10.5. The molecule has 0 amide bonds. The fourth-order valence-corrected chi connectivity index (χ4v) is 5.84. The average Bonchev–Trinajstić information content (AvgIpc) is 3.21. The summed E-state index contributed by atoms with van der Waals surface area (Å²) < 4.78 is 5.47. The number of fused-ring (bicyclic) bond motifs is 3. The summed E-state index contributed by atoms with van der Waals surface area (Å²) in [6.07, 6.45) is 5.64. The summed E-state index contributed by atoms with van der Waals surface area (Å²) in [6.45, 7) is 7.69. The van der Waals surface area contributed by atoms with E-state index in [-0.39, 0.29) is 0 Å². The lowest BCUT2D eigenvalue weighted by atomic mass is 9.97. The molecule has 0 saturated carbocycles. The summed E-state index contributed by atoms with van der Waals surface area (Å²) in [7, 11) is 0. The highest BCUT2D eigenvalue weighted by molar-refractivity contribution is 7.19. The van der Waals surface area contributed by atoms with Crippen LogP contribution >= 0.6 is 11.3 Å². The number of β-amino-alcohol motifs (C(OH)–C–C–N with tert-alkyl or cyclic N) is 1. The van der Waals surface area contributed by atoms with E-state index in [2.05, 4.69) is 9.80 Å². The lowest BCUT2D eigenvalue weighted by Gasteiger charge is -2.26. The number of aliphatic hydroxyl groups is 1. The molecule has 2 aromatic rings. The van der Waals surface area contributed by atoms with Crippen LogP contribution < -0.4 is 4.90 Å². The minimum atomic E-state index is -0.627. The van der Waals surface area contributed by atoms with E-state index in [1.54, 1.807) is 0 Å². The van der Waals surface area contributed by atoms with Crippen molar-refractivity contribution in [3.8, 4) is 0 Å². The van der Waals surface area contributed by atoms with Gasteiger partial charge in [0.2, 0.25) is 0 Å². The first-order chi connectivity index (χ1) is 13.1. The molecule has 2 aromatic heterocycles. The number of anilines is 1. The van der Waals surface area contributed by atoms with E-state index >= 15 is 0 Å². The monoisotopic (exact) mass is 388 g/mol. The first-order valence-corrected chi connectivity index (χ1v) is 11.0. The highest BCUT2D eigenvalue weighted by Gasteiger charge is 2.34. The van der Waals surface area contributed by atoms with Crippen LogP contribution in [-0.4, -0.2) is 65.0 Å². The molecule has 1 unspecified atom stereocenters. The van der Waals surface area contributed by atoms with Crippen molar-refractivity contribution in [1.82, 2.24) is 14.9 Å². The Bertz CT molecular complexity index is 844. The van der Waals surface area contributed by atoms with Crippen molar-refractivity contribution >= 4 is 27.4 Å². The number of ether oxygens (including phenoxy) is 1. The molecule has 4 heterocycles. The molecule has 2 fully saturated rings. The summed E-state index contributed by atoms with van der Waals surface area (Å²) in [6, 6.07) is 0. The minimum absolute atomic E-state index is 0.627. The third-order valence-electron chi connectivity index (χ3n) is 6.06. The third kappa shape index (κ3) is 3.46. The van der Waals surface area contributed by atoms with Crippen LogP contribution in [-0.2, 0) is 24.1 Å². The van der Waals surface area contributed by atoms with E-state index in [0.717, 1.165) is 68.7 Å². The smallest absolute Gasteiger partial charge is 0.146 e. The van der Waals surface area contributed by atoms with Gasteiger partial charge in [0.25, 0.3) is 0 Å². The van der Waals surface area contributed by atoms with E-state index in [1.807, 2.05) is 18.3 Å². The van der Waals surface area contributed by atoms with E-state index in [9.17, 15) is 5.11 Å². The van der Waals surface area contributed by atoms with Gasteiger partial charge < -0.3 is 14.7 Å². The second kappa shape index (κ2) is 6.95. The Morgan fingerprint density at radius 2 is 1.96 bits per heavy atom. The number of morpholine rings is 1. The normalized spacial score (nSPS) is 26.7. The number of aryl methyl sites for hydroxylation is 2. The zero-order valence-electron chi connectivity index (χ0n) is 16.0. The summed E-state index contributed by atoms with van der Waals surface area (Å²) in [5, 5.41) is 11.8. The van der Waals surface area contributed by atoms with Gasteiger partial charge in [0, 0.05) is 31.1 Å². The van der Waals surface area contributed by atoms with Crippen LogP contribution in [0.15, 0.2) is 0 Å². The average molecular weight is 389 g/mol. The van der Waals surface area contributed by atoms with Gasteiger partial charge in [-0.3, -0.25) is 4.90 Å². The van der Waals surface area contributed by atoms with Gasteiger partial charge in [0.1, 0.15) is 16.5 Å². The number of rotatable bonds is 3. The van der Waals surface area contributed by atoms with Crippen molar-refractivity contribution in [2.24, 2.45) is 0 Å². The van der Waals surface area contributed by atoms with Crippen molar-refractivity contribution in [1.29, 1.82) is 0 Å². The van der Waals surface area contributed by atoms with E-state index in [0.29, 0.717) is 6.54 Å². The van der Waals surface area contributed by atoms with Gasteiger partial charge in [-0.15, -0.1) is 11.3 Å². The molecule has 2 aliphatic heterocycles. The Morgan fingerprint density at radius 3 is 2.74 bits per heavy atom. The molecule has 1 aliphatic carbocycles. The molecule has 5 rings (SSSR count). The zero-order valence-corrected chi connectivity index (χ0v) is 16.9. The first kappa shape index (κ1) is 17.8. The molecular weight excluding hydrogens is 360 g/mol. The fourth-order valence-electron chi connectivity index (χ4n) is 4.57. The highest BCUT2D eigenvalue weighted by atomic mass is 32.1. The Hall–Kier alpha value is -1.28. The first-order valence-electron chi connectivity index (χ1n) is 10.2. The molecular formula is C20H28N4O2S. The molecule has 0 aromatic carbocycles. The summed E-state index contributed by atoms with van der Waals surface area (Å²) >= 11 is 1.87. The van der Waals surface area contributed by atoms with Crippen molar-refractivity contribution in [2.75, 3.05) is 44.3 Å². The molecule has 0 spiro atoms. The van der Waals surface area contributed by atoms with Gasteiger partial charge in [0.05, 0.1) is 30.7 Å². The largest absolute Gasteiger partial charge is 0.388 e. The van der Waals surface area contributed by atoms with Gasteiger partial charge in [-0.2, -0.15) is 0 Å². The quantitative estimate of drug-likeness (QED) is 0.871. The molecule has 0 bridgehead atoms. The summed E-state index contributed by atoms with van der Waals surface area (Å²) in [5.74, 6) is 1.96. The van der Waals surface area contributed by atoms with Crippen molar-refractivity contribution < 1.29 is 9.84 Å². The third-order valence-corrected chi connectivity index (χ3v) is 7.25. The molecule has 27 heavy (non-hydrogen) atoms. The van der Waals surface area contributed by atoms with Crippen LogP contribution in [0.3, 0.4) is 0 Å². The van der Waals surface area contributed by atoms with Gasteiger partial charge in [-0.05, 0) is 44.6 Å². The molecule has 1 atom stereocenters. The van der Waals surface area contributed by atoms with E-state index < -0.39 is 5.60 Å². The fraction of sp³-hybridized carbons (Fsp3) is 0.700. The van der Waals surface area contributed by atoms with Crippen LogP contribution in [0.4, 0.5) is 5.82 Å². The Morgan fingerprint density at radius 1 is 1.15 bits per heavy atom. The van der Waals surface area contributed by atoms with Crippen LogP contribution in [0.25, 0.3) is 10.2 Å². The van der Waals surface area contributed by atoms with Crippen LogP contribution in [0.5, 0.6) is 0 Å². The van der Waals surface area contributed by atoms with Gasteiger partial charge in [-0.1, -0.05) is 0 Å². The van der Waals surface area contributed by atoms with Gasteiger partial charge in [0.15, 0.2) is 0 Å². The van der Waals surface area contributed by atoms with Crippen LogP contribution in [0, 0.1) is 0 Å². The number of hydrogen-bond acceptors (Lipinski definition) is 7. The SMILES string of the molecule is CC1(O)CCN(c2nc(CN3CCOCC3)nc3sc4c(c23)CCCC4)C1. The second-order valence-corrected chi connectivity index (χ2v) is 9.50. The predicted molar refractivity (Wildman–Crippen MR) is 108 cm³/mol. The van der Waals surface area contributed by atoms with Gasteiger partial charge >= 0.3 is 0 Å². The van der Waals surface area contributed by atoms with Crippen LogP contribution in [0.2, 0.25) is 0 Å². The lowest BCUT2D eigenvalue weighted by molar-refractivity contribution is 0.0331. The van der Waals surface area contributed by atoms with Crippen molar-refractivity contribution in [2.45, 2.75) is 51.2 Å². The summed E-state index contributed by atoms with van der Waals surface area (Å²) in [4.78, 5) is 17.3. The Labute approximate surface area is 164 Å². The molecule has 146 valence electrons. The highest BCUT2D eigenvalue weighted by Crippen LogP contribution is 2.41. The molecule has 2 saturated heterocycles. The maximum absolute atomic E-state index is 10.5. The summed E-state index contributed by atoms with van der Waals surface area (Å²) in [5.41, 5.74) is 0.846. The van der Waals surface area contributed by atoms with E-state index in [4.69, 9.17) is 14.7 Å². The van der Waals surface area contributed by atoms with Crippen molar-refractivity contribution in [3.05, 3.63) is 16.3 Å². The maximum Gasteiger partial charge on any atom is 0.146 e. The molecule has 3 aliphatic rings. The second-order valence-electron chi connectivity index (χ2n) is 8.41. The minimum Gasteiger partial charge on any atom is -0.388 e. The number of hydrogen-bond donors (Lipinski definition) is 1. The number of nitrogens with zero attached hydrogens (tertiary/aromatic N) is 4. The van der Waals surface area contributed by atoms with Crippen molar-refractivity contribution in [3.63, 3.8) is 0 Å².